The number of aliphatic hydroxyl groups is 1. The Labute approximate surface area is 111 Å². The average molecular weight is 275 g/mol. The zero-order chi connectivity index (χ0) is 12.3. The summed E-state index contributed by atoms with van der Waals surface area (Å²) in [7, 11) is 0. The van der Waals surface area contributed by atoms with Crippen molar-refractivity contribution in [3.05, 3.63) is 15.5 Å². The van der Waals surface area contributed by atoms with Gasteiger partial charge in [0.15, 0.2) is 0 Å². The third-order valence-electron chi connectivity index (χ3n) is 3.52. The normalized spacial score (nSPS) is 26.3. The summed E-state index contributed by atoms with van der Waals surface area (Å²) in [5, 5.41) is 10.2. The lowest BCUT2D eigenvalue weighted by molar-refractivity contribution is 0.0720. The number of halogens is 1. The molecular weight excluding hydrogens is 256 g/mol. The largest absolute Gasteiger partial charge is 0.396 e. The van der Waals surface area contributed by atoms with Gasteiger partial charge in [0, 0.05) is 12.6 Å². The maximum atomic E-state index is 9.16. The number of likely N-dealkylation sites (tertiary alicyclic amines) is 1. The predicted molar refractivity (Wildman–Crippen MR) is 71.4 cm³/mol. The Bertz CT molecular complexity index is 358. The Morgan fingerprint density at radius 1 is 1.65 bits per heavy atom. The van der Waals surface area contributed by atoms with Crippen LogP contribution < -0.4 is 0 Å². The van der Waals surface area contributed by atoms with Crippen LogP contribution in [0.25, 0.3) is 0 Å². The highest BCUT2D eigenvalue weighted by atomic mass is 35.5. The van der Waals surface area contributed by atoms with E-state index in [1.54, 1.807) is 17.5 Å². The van der Waals surface area contributed by atoms with Gasteiger partial charge in [0.1, 0.15) is 9.34 Å². The van der Waals surface area contributed by atoms with Crippen molar-refractivity contribution in [2.45, 2.75) is 38.8 Å². The fourth-order valence-electron chi connectivity index (χ4n) is 2.66. The van der Waals surface area contributed by atoms with Gasteiger partial charge >= 0.3 is 0 Å². The monoisotopic (exact) mass is 274 g/mol. The molecule has 2 rings (SSSR count). The van der Waals surface area contributed by atoms with Crippen molar-refractivity contribution in [2.75, 3.05) is 13.2 Å². The van der Waals surface area contributed by atoms with E-state index in [1.807, 2.05) is 0 Å². The molecule has 0 aliphatic carbocycles. The molecule has 0 amide bonds. The third kappa shape index (κ3) is 3.41. The summed E-state index contributed by atoms with van der Waals surface area (Å²) in [6.07, 6.45) is 5.08. The summed E-state index contributed by atoms with van der Waals surface area (Å²) < 4.78 is 0.753. The first-order valence-electron chi connectivity index (χ1n) is 6.16. The Kier molecular flexibility index (Phi) is 4.79. The van der Waals surface area contributed by atoms with E-state index in [1.165, 1.54) is 12.8 Å². The molecule has 0 spiro atoms. The van der Waals surface area contributed by atoms with Gasteiger partial charge in [-0.2, -0.15) is 0 Å². The van der Waals surface area contributed by atoms with Crippen LogP contribution in [0.4, 0.5) is 0 Å². The highest BCUT2D eigenvalue weighted by molar-refractivity contribution is 7.15. The van der Waals surface area contributed by atoms with E-state index in [-0.39, 0.29) is 6.61 Å². The Morgan fingerprint density at radius 2 is 2.47 bits per heavy atom. The molecule has 2 atom stereocenters. The molecule has 0 radical (unpaired) electrons. The maximum Gasteiger partial charge on any atom is 0.113 e. The number of thiazole rings is 1. The predicted octanol–water partition coefficient (Wildman–Crippen LogP) is 2.78. The molecule has 5 heteroatoms. The molecule has 2 heterocycles. The lowest BCUT2D eigenvalue weighted by atomic mass is 9.89. The molecule has 17 heavy (non-hydrogen) atoms. The van der Waals surface area contributed by atoms with Crippen LogP contribution in [-0.4, -0.2) is 34.2 Å². The van der Waals surface area contributed by atoms with E-state index in [0.717, 1.165) is 28.9 Å². The van der Waals surface area contributed by atoms with Gasteiger partial charge in [-0.3, -0.25) is 4.90 Å². The van der Waals surface area contributed by atoms with Gasteiger partial charge in [-0.05, 0) is 31.7 Å². The van der Waals surface area contributed by atoms with E-state index in [0.29, 0.717) is 12.0 Å². The minimum absolute atomic E-state index is 0.268. The van der Waals surface area contributed by atoms with Crippen molar-refractivity contribution >= 4 is 22.9 Å². The average Bonchev–Trinajstić information content (AvgIpc) is 2.69. The second kappa shape index (κ2) is 6.14. The first-order chi connectivity index (χ1) is 8.20. The quantitative estimate of drug-likeness (QED) is 0.917. The van der Waals surface area contributed by atoms with Crippen molar-refractivity contribution < 1.29 is 5.11 Å². The number of rotatable bonds is 4. The fourth-order valence-corrected chi connectivity index (χ4v) is 3.65. The van der Waals surface area contributed by atoms with Crippen molar-refractivity contribution in [1.82, 2.24) is 9.88 Å². The number of hydrogen-bond acceptors (Lipinski definition) is 4. The SMILES string of the molecule is C[C@@H]1CCCN(Cc2ncc(Cl)s2)[C@@H]1CCO. The molecule has 0 aromatic carbocycles. The van der Waals surface area contributed by atoms with Crippen molar-refractivity contribution in [2.24, 2.45) is 5.92 Å². The zero-order valence-electron chi connectivity index (χ0n) is 10.1. The van der Waals surface area contributed by atoms with Crippen LogP contribution in [0, 0.1) is 5.92 Å². The van der Waals surface area contributed by atoms with E-state index >= 15 is 0 Å². The molecule has 1 fully saturated rings. The first kappa shape index (κ1) is 13.3. The fraction of sp³-hybridized carbons (Fsp3) is 0.750. The number of nitrogens with zero attached hydrogens (tertiary/aromatic N) is 2. The summed E-state index contributed by atoms with van der Waals surface area (Å²) in [6, 6.07) is 0.483. The molecule has 1 saturated heterocycles. The van der Waals surface area contributed by atoms with Crippen LogP contribution in [0.5, 0.6) is 0 Å². The van der Waals surface area contributed by atoms with Crippen molar-refractivity contribution in [3.8, 4) is 0 Å². The highest BCUT2D eigenvalue weighted by Crippen LogP contribution is 2.28. The van der Waals surface area contributed by atoms with E-state index in [9.17, 15) is 0 Å². The number of aromatic nitrogens is 1. The lowest BCUT2D eigenvalue weighted by Crippen LogP contribution is -2.44. The summed E-state index contributed by atoms with van der Waals surface area (Å²) in [5.74, 6) is 0.659. The molecule has 0 saturated carbocycles. The molecule has 1 aromatic heterocycles. The van der Waals surface area contributed by atoms with Crippen LogP contribution in [0.15, 0.2) is 6.20 Å². The first-order valence-corrected chi connectivity index (χ1v) is 7.35. The molecule has 1 N–H and O–H groups in total. The van der Waals surface area contributed by atoms with Crippen LogP contribution in [-0.2, 0) is 6.54 Å². The van der Waals surface area contributed by atoms with Gasteiger partial charge in [-0.25, -0.2) is 4.98 Å². The van der Waals surface area contributed by atoms with Gasteiger partial charge in [-0.15, -0.1) is 11.3 Å². The van der Waals surface area contributed by atoms with E-state index in [4.69, 9.17) is 16.7 Å². The molecule has 0 bridgehead atoms. The van der Waals surface area contributed by atoms with E-state index in [2.05, 4.69) is 16.8 Å². The second-order valence-corrected chi connectivity index (χ2v) is 6.47. The molecule has 1 aromatic rings. The van der Waals surface area contributed by atoms with Gasteiger partial charge in [-0.1, -0.05) is 18.5 Å². The van der Waals surface area contributed by atoms with Crippen LogP contribution in [0.1, 0.15) is 31.2 Å². The molecule has 3 nitrogen and oxygen atoms in total. The Balaban J connectivity index is 2.01. The Hall–Kier alpha value is -0.160. The van der Waals surface area contributed by atoms with E-state index < -0.39 is 0 Å². The van der Waals surface area contributed by atoms with Gasteiger partial charge in [0.25, 0.3) is 0 Å². The molecule has 1 aliphatic rings. The van der Waals surface area contributed by atoms with Crippen molar-refractivity contribution in [1.29, 1.82) is 0 Å². The topological polar surface area (TPSA) is 36.4 Å². The standard InChI is InChI=1S/C12H19ClN2OS/c1-9-3-2-5-15(10(9)4-6-16)8-12-14-7-11(13)17-12/h7,9-10,16H,2-6,8H2,1H3/t9-,10-/m1/s1. The maximum absolute atomic E-state index is 9.16. The summed E-state index contributed by atoms with van der Waals surface area (Å²) in [5.41, 5.74) is 0. The smallest absolute Gasteiger partial charge is 0.113 e. The molecule has 96 valence electrons. The lowest BCUT2D eigenvalue weighted by Gasteiger charge is -2.39. The summed E-state index contributed by atoms with van der Waals surface area (Å²) in [4.78, 5) is 6.76. The van der Waals surface area contributed by atoms with Crippen LogP contribution >= 0.6 is 22.9 Å². The van der Waals surface area contributed by atoms with Crippen LogP contribution in [0.3, 0.4) is 0 Å². The number of piperidine rings is 1. The van der Waals surface area contributed by atoms with Crippen molar-refractivity contribution in [3.63, 3.8) is 0 Å². The molecule has 1 aliphatic heterocycles. The zero-order valence-corrected chi connectivity index (χ0v) is 11.7. The van der Waals surface area contributed by atoms with Gasteiger partial charge < -0.3 is 5.11 Å². The highest BCUT2D eigenvalue weighted by Gasteiger charge is 2.28. The second-order valence-electron chi connectivity index (χ2n) is 4.73. The van der Waals surface area contributed by atoms with Crippen LogP contribution in [0.2, 0.25) is 4.34 Å². The third-order valence-corrected chi connectivity index (χ3v) is 4.62. The summed E-state index contributed by atoms with van der Waals surface area (Å²) >= 11 is 7.45. The van der Waals surface area contributed by atoms with Gasteiger partial charge in [0.2, 0.25) is 0 Å². The molecular formula is C12H19ClN2OS. The summed E-state index contributed by atoms with van der Waals surface area (Å²) in [6.45, 7) is 4.52. The molecule has 0 unspecified atom stereocenters. The van der Waals surface area contributed by atoms with Gasteiger partial charge in [0.05, 0.1) is 12.7 Å². The minimum atomic E-state index is 0.268. The Morgan fingerprint density at radius 3 is 3.12 bits per heavy atom. The number of aliphatic hydroxyl groups excluding tert-OH is 1. The number of hydrogen-bond donors (Lipinski definition) is 1. The minimum Gasteiger partial charge on any atom is -0.396 e.